The van der Waals surface area contributed by atoms with Gasteiger partial charge in [0.2, 0.25) is 0 Å². The Hall–Kier alpha value is -1.52. The van der Waals surface area contributed by atoms with Gasteiger partial charge in [-0.25, -0.2) is 0 Å². The minimum Gasteiger partial charge on any atom is -0.497 e. The lowest BCUT2D eigenvalue weighted by Gasteiger charge is -2.16. The number of rotatable bonds is 6. The Morgan fingerprint density at radius 2 is 1.76 bits per heavy atom. The fraction of sp³-hybridized carbons (Fsp3) is 0.294. The molecule has 2 rings (SSSR count). The molecule has 112 valence electrons. The maximum absolute atomic E-state index is 5.40. The summed E-state index contributed by atoms with van der Waals surface area (Å²) in [6.45, 7) is 2.87. The van der Waals surface area contributed by atoms with E-state index in [1.807, 2.05) is 18.2 Å². The van der Waals surface area contributed by atoms with Crippen LogP contribution in [0.25, 0.3) is 0 Å². The summed E-state index contributed by atoms with van der Waals surface area (Å²) in [6, 6.07) is 14.4. The lowest BCUT2D eigenvalue weighted by Crippen LogP contribution is -2.18. The van der Waals surface area contributed by atoms with Crippen molar-refractivity contribution in [2.45, 2.75) is 19.5 Å². The molecule has 1 N–H and O–H groups in total. The van der Waals surface area contributed by atoms with E-state index in [1.165, 1.54) is 5.56 Å². The minimum absolute atomic E-state index is 0.258. The molecule has 1 atom stereocenters. The quantitative estimate of drug-likeness (QED) is 0.842. The number of nitrogens with one attached hydrogen (secondary N) is 1. The van der Waals surface area contributed by atoms with E-state index in [-0.39, 0.29) is 6.04 Å². The van der Waals surface area contributed by atoms with Gasteiger partial charge in [-0.3, -0.25) is 0 Å². The van der Waals surface area contributed by atoms with E-state index in [0.29, 0.717) is 0 Å². The third kappa shape index (κ3) is 4.22. The van der Waals surface area contributed by atoms with E-state index in [2.05, 4.69) is 52.4 Å². The standard InChI is InChI=1S/C17H20BrNO2/c1-12(13-4-6-15(18)7-5-13)19-11-14-10-16(20-2)8-9-17(14)21-3/h4-10,12,19H,11H2,1-3H3. The highest BCUT2D eigenvalue weighted by molar-refractivity contribution is 9.10. The molecule has 0 saturated carbocycles. The van der Waals surface area contributed by atoms with Crippen molar-refractivity contribution in [3.05, 3.63) is 58.1 Å². The van der Waals surface area contributed by atoms with Crippen LogP contribution in [0, 0.1) is 0 Å². The molecule has 0 aromatic heterocycles. The monoisotopic (exact) mass is 349 g/mol. The van der Waals surface area contributed by atoms with Crippen molar-refractivity contribution >= 4 is 15.9 Å². The van der Waals surface area contributed by atoms with Gasteiger partial charge in [-0.2, -0.15) is 0 Å². The zero-order valence-electron chi connectivity index (χ0n) is 12.5. The lowest BCUT2D eigenvalue weighted by molar-refractivity contribution is 0.395. The predicted octanol–water partition coefficient (Wildman–Crippen LogP) is 4.32. The average Bonchev–Trinajstić information content (AvgIpc) is 2.52. The van der Waals surface area contributed by atoms with Gasteiger partial charge in [0.15, 0.2) is 0 Å². The van der Waals surface area contributed by atoms with Crippen LogP contribution in [0.4, 0.5) is 0 Å². The molecule has 3 nitrogen and oxygen atoms in total. The highest BCUT2D eigenvalue weighted by atomic mass is 79.9. The van der Waals surface area contributed by atoms with Gasteiger partial charge in [0.1, 0.15) is 11.5 Å². The average molecular weight is 350 g/mol. The van der Waals surface area contributed by atoms with Gasteiger partial charge in [-0.1, -0.05) is 28.1 Å². The molecule has 0 aliphatic heterocycles. The van der Waals surface area contributed by atoms with Crippen molar-refractivity contribution in [1.82, 2.24) is 5.32 Å². The number of methoxy groups -OCH3 is 2. The van der Waals surface area contributed by atoms with Crippen LogP contribution in [-0.4, -0.2) is 14.2 Å². The van der Waals surface area contributed by atoms with E-state index in [4.69, 9.17) is 9.47 Å². The fourth-order valence-electron chi connectivity index (χ4n) is 2.15. The molecule has 0 saturated heterocycles. The summed E-state index contributed by atoms with van der Waals surface area (Å²) in [4.78, 5) is 0. The zero-order valence-corrected chi connectivity index (χ0v) is 14.1. The molecule has 4 heteroatoms. The van der Waals surface area contributed by atoms with Crippen LogP contribution < -0.4 is 14.8 Å². The predicted molar refractivity (Wildman–Crippen MR) is 88.9 cm³/mol. The van der Waals surface area contributed by atoms with Crippen LogP contribution in [0.3, 0.4) is 0 Å². The summed E-state index contributed by atoms with van der Waals surface area (Å²) in [7, 11) is 3.35. The Bertz CT molecular complexity index is 584. The van der Waals surface area contributed by atoms with Gasteiger partial charge in [0.25, 0.3) is 0 Å². The topological polar surface area (TPSA) is 30.5 Å². The molecule has 0 heterocycles. The summed E-state index contributed by atoms with van der Waals surface area (Å²) in [5.41, 5.74) is 2.33. The maximum Gasteiger partial charge on any atom is 0.123 e. The SMILES string of the molecule is COc1ccc(OC)c(CNC(C)c2ccc(Br)cc2)c1. The Labute approximate surface area is 134 Å². The first-order valence-electron chi connectivity index (χ1n) is 6.83. The molecule has 0 bridgehead atoms. The smallest absolute Gasteiger partial charge is 0.123 e. The second-order valence-electron chi connectivity index (χ2n) is 4.83. The number of hydrogen-bond donors (Lipinski definition) is 1. The Kier molecular flexibility index (Phi) is 5.65. The highest BCUT2D eigenvalue weighted by Gasteiger charge is 2.08. The molecule has 1 unspecified atom stereocenters. The minimum atomic E-state index is 0.258. The van der Waals surface area contributed by atoms with E-state index in [9.17, 15) is 0 Å². The van der Waals surface area contributed by atoms with Crippen LogP contribution in [0.1, 0.15) is 24.1 Å². The second-order valence-corrected chi connectivity index (χ2v) is 5.75. The van der Waals surface area contributed by atoms with Crippen molar-refractivity contribution in [1.29, 1.82) is 0 Å². The van der Waals surface area contributed by atoms with E-state index >= 15 is 0 Å². The molecule has 2 aromatic rings. The van der Waals surface area contributed by atoms with Crippen LogP contribution in [0.15, 0.2) is 46.9 Å². The third-order valence-electron chi connectivity index (χ3n) is 3.46. The van der Waals surface area contributed by atoms with Crippen LogP contribution in [0.2, 0.25) is 0 Å². The molecular weight excluding hydrogens is 330 g/mol. The van der Waals surface area contributed by atoms with Crippen molar-refractivity contribution in [3.8, 4) is 11.5 Å². The van der Waals surface area contributed by atoms with Gasteiger partial charge in [0.05, 0.1) is 14.2 Å². The molecular formula is C17H20BrNO2. The lowest BCUT2D eigenvalue weighted by atomic mass is 10.1. The summed E-state index contributed by atoms with van der Waals surface area (Å²) >= 11 is 3.45. The van der Waals surface area contributed by atoms with E-state index < -0.39 is 0 Å². The Morgan fingerprint density at radius 1 is 1.05 bits per heavy atom. The van der Waals surface area contributed by atoms with Crippen LogP contribution in [0.5, 0.6) is 11.5 Å². The van der Waals surface area contributed by atoms with Gasteiger partial charge in [0, 0.05) is 22.6 Å². The molecule has 2 aromatic carbocycles. The molecule has 0 fully saturated rings. The highest BCUT2D eigenvalue weighted by Crippen LogP contribution is 2.25. The van der Waals surface area contributed by atoms with Gasteiger partial charge < -0.3 is 14.8 Å². The first-order valence-corrected chi connectivity index (χ1v) is 7.63. The van der Waals surface area contributed by atoms with E-state index in [0.717, 1.165) is 28.1 Å². The Balaban J connectivity index is 2.06. The third-order valence-corrected chi connectivity index (χ3v) is 3.98. The van der Waals surface area contributed by atoms with Gasteiger partial charge in [-0.15, -0.1) is 0 Å². The number of benzene rings is 2. The second kappa shape index (κ2) is 7.48. The van der Waals surface area contributed by atoms with E-state index in [1.54, 1.807) is 14.2 Å². The molecule has 21 heavy (non-hydrogen) atoms. The van der Waals surface area contributed by atoms with Crippen molar-refractivity contribution in [2.24, 2.45) is 0 Å². The van der Waals surface area contributed by atoms with Crippen molar-refractivity contribution in [2.75, 3.05) is 14.2 Å². The van der Waals surface area contributed by atoms with Crippen molar-refractivity contribution < 1.29 is 9.47 Å². The number of hydrogen-bond acceptors (Lipinski definition) is 3. The molecule has 0 aliphatic carbocycles. The normalized spacial score (nSPS) is 12.0. The summed E-state index contributed by atoms with van der Waals surface area (Å²) in [5.74, 6) is 1.70. The van der Waals surface area contributed by atoms with Crippen molar-refractivity contribution in [3.63, 3.8) is 0 Å². The van der Waals surface area contributed by atoms with Crippen LogP contribution in [-0.2, 0) is 6.54 Å². The molecule has 0 radical (unpaired) electrons. The summed E-state index contributed by atoms with van der Waals surface area (Å²) in [6.07, 6.45) is 0. The largest absolute Gasteiger partial charge is 0.497 e. The van der Waals surface area contributed by atoms with Crippen LogP contribution >= 0.6 is 15.9 Å². The maximum atomic E-state index is 5.40. The molecule has 0 aliphatic rings. The van der Waals surface area contributed by atoms with Gasteiger partial charge in [-0.05, 0) is 42.8 Å². The first kappa shape index (κ1) is 15.9. The Morgan fingerprint density at radius 3 is 2.38 bits per heavy atom. The zero-order chi connectivity index (χ0) is 15.2. The number of ether oxygens (including phenoxy) is 2. The number of halogens is 1. The molecule has 0 spiro atoms. The van der Waals surface area contributed by atoms with Gasteiger partial charge >= 0.3 is 0 Å². The fourth-order valence-corrected chi connectivity index (χ4v) is 2.42. The summed E-state index contributed by atoms with van der Waals surface area (Å²) in [5, 5.41) is 3.51. The molecule has 0 amide bonds. The summed E-state index contributed by atoms with van der Waals surface area (Å²) < 4.78 is 11.8. The first-order chi connectivity index (χ1) is 10.1.